The standard InChI is InChI=1S/C14H17FN2OS/c1-3-4-5-13-16-14(18-17-13)10(2)19-12-8-6-11(15)7-9-12/h6-10H,3-5H2,1-2H3. The van der Waals surface area contributed by atoms with Crippen molar-refractivity contribution in [2.45, 2.75) is 43.3 Å². The Labute approximate surface area is 116 Å². The van der Waals surface area contributed by atoms with Crippen molar-refractivity contribution in [1.29, 1.82) is 0 Å². The number of benzene rings is 1. The SMILES string of the molecule is CCCCc1noc(C(C)Sc2ccc(F)cc2)n1. The Kier molecular flexibility index (Phi) is 4.96. The van der Waals surface area contributed by atoms with Crippen LogP contribution in [0, 0.1) is 5.82 Å². The van der Waals surface area contributed by atoms with Crippen molar-refractivity contribution in [2.75, 3.05) is 0 Å². The third-order valence-corrected chi connectivity index (χ3v) is 3.81. The van der Waals surface area contributed by atoms with Gasteiger partial charge in [0, 0.05) is 11.3 Å². The van der Waals surface area contributed by atoms with Crippen LogP contribution in [0.2, 0.25) is 0 Å². The van der Waals surface area contributed by atoms with Crippen LogP contribution in [-0.2, 0) is 6.42 Å². The summed E-state index contributed by atoms with van der Waals surface area (Å²) in [7, 11) is 0. The molecular formula is C14H17FN2OS. The van der Waals surface area contributed by atoms with Crippen molar-refractivity contribution in [3.63, 3.8) is 0 Å². The van der Waals surface area contributed by atoms with E-state index in [1.165, 1.54) is 12.1 Å². The molecule has 0 aliphatic rings. The lowest BCUT2D eigenvalue weighted by Gasteiger charge is -2.05. The van der Waals surface area contributed by atoms with Crippen molar-refractivity contribution in [2.24, 2.45) is 0 Å². The van der Waals surface area contributed by atoms with Crippen LogP contribution in [0.15, 0.2) is 33.7 Å². The van der Waals surface area contributed by atoms with Gasteiger partial charge in [-0.25, -0.2) is 4.39 Å². The quantitative estimate of drug-likeness (QED) is 0.735. The summed E-state index contributed by atoms with van der Waals surface area (Å²) >= 11 is 1.58. The Morgan fingerprint density at radius 2 is 2.05 bits per heavy atom. The third kappa shape index (κ3) is 4.06. The molecule has 0 bridgehead atoms. The molecule has 0 aliphatic heterocycles. The van der Waals surface area contributed by atoms with Crippen molar-refractivity contribution in [1.82, 2.24) is 10.1 Å². The van der Waals surface area contributed by atoms with E-state index in [0.29, 0.717) is 5.89 Å². The molecule has 1 unspecified atom stereocenters. The highest BCUT2D eigenvalue weighted by atomic mass is 32.2. The Bertz CT molecular complexity index is 512. The Balaban J connectivity index is 1.97. The first-order valence-corrected chi connectivity index (χ1v) is 7.31. The zero-order valence-corrected chi connectivity index (χ0v) is 11.9. The average molecular weight is 280 g/mol. The number of nitrogens with zero attached hydrogens (tertiary/aromatic N) is 2. The summed E-state index contributed by atoms with van der Waals surface area (Å²) in [6.45, 7) is 4.14. The molecule has 0 N–H and O–H groups in total. The number of hydrogen-bond acceptors (Lipinski definition) is 4. The average Bonchev–Trinajstić information content (AvgIpc) is 2.88. The largest absolute Gasteiger partial charge is 0.338 e. The number of hydrogen-bond donors (Lipinski definition) is 0. The van der Waals surface area contributed by atoms with Gasteiger partial charge in [0.25, 0.3) is 0 Å². The molecule has 0 amide bonds. The van der Waals surface area contributed by atoms with Crippen LogP contribution in [0.5, 0.6) is 0 Å². The van der Waals surface area contributed by atoms with Gasteiger partial charge in [-0.3, -0.25) is 0 Å². The van der Waals surface area contributed by atoms with Crippen molar-refractivity contribution < 1.29 is 8.91 Å². The fraction of sp³-hybridized carbons (Fsp3) is 0.429. The molecule has 0 fully saturated rings. The highest BCUT2D eigenvalue weighted by Crippen LogP contribution is 2.33. The fourth-order valence-corrected chi connectivity index (χ4v) is 2.53. The van der Waals surface area contributed by atoms with Crippen LogP contribution in [0.1, 0.15) is 43.7 Å². The lowest BCUT2D eigenvalue weighted by Crippen LogP contribution is -1.91. The minimum atomic E-state index is -0.225. The van der Waals surface area contributed by atoms with Crippen molar-refractivity contribution in [3.8, 4) is 0 Å². The summed E-state index contributed by atoms with van der Waals surface area (Å²) in [6.07, 6.45) is 3.04. The van der Waals surface area contributed by atoms with E-state index in [9.17, 15) is 4.39 Å². The molecule has 0 aliphatic carbocycles. The molecular weight excluding hydrogens is 263 g/mol. The maximum absolute atomic E-state index is 12.8. The van der Waals surface area contributed by atoms with E-state index < -0.39 is 0 Å². The second-order valence-corrected chi connectivity index (χ2v) is 5.78. The first-order chi connectivity index (χ1) is 9.19. The van der Waals surface area contributed by atoms with Crippen LogP contribution < -0.4 is 0 Å². The number of aromatic nitrogens is 2. The third-order valence-electron chi connectivity index (χ3n) is 2.71. The van der Waals surface area contributed by atoms with Crippen LogP contribution in [-0.4, -0.2) is 10.1 Å². The molecule has 1 heterocycles. The summed E-state index contributed by atoms with van der Waals surface area (Å²) in [5.74, 6) is 1.17. The Morgan fingerprint density at radius 1 is 1.32 bits per heavy atom. The van der Waals surface area contributed by atoms with Crippen LogP contribution >= 0.6 is 11.8 Å². The molecule has 0 radical (unpaired) electrons. The maximum atomic E-state index is 12.8. The molecule has 2 aromatic rings. The lowest BCUT2D eigenvalue weighted by atomic mass is 10.2. The van der Waals surface area contributed by atoms with E-state index in [2.05, 4.69) is 17.1 Å². The summed E-state index contributed by atoms with van der Waals surface area (Å²) in [4.78, 5) is 5.38. The van der Waals surface area contributed by atoms with Crippen molar-refractivity contribution >= 4 is 11.8 Å². The minimum Gasteiger partial charge on any atom is -0.338 e. The number of unbranched alkanes of at least 4 members (excludes halogenated alkanes) is 1. The smallest absolute Gasteiger partial charge is 0.239 e. The molecule has 1 aromatic carbocycles. The monoisotopic (exact) mass is 280 g/mol. The molecule has 0 saturated heterocycles. The zero-order chi connectivity index (χ0) is 13.7. The highest BCUT2D eigenvalue weighted by molar-refractivity contribution is 7.99. The van der Waals surface area contributed by atoms with Gasteiger partial charge in [0.05, 0.1) is 5.25 Å². The van der Waals surface area contributed by atoms with Gasteiger partial charge in [-0.15, -0.1) is 11.8 Å². The van der Waals surface area contributed by atoms with E-state index in [1.807, 2.05) is 6.92 Å². The van der Waals surface area contributed by atoms with Gasteiger partial charge in [-0.2, -0.15) is 4.98 Å². The predicted octanol–water partition coefficient (Wildman–Crippen LogP) is 4.40. The topological polar surface area (TPSA) is 38.9 Å². The molecule has 1 aromatic heterocycles. The van der Waals surface area contributed by atoms with E-state index in [0.717, 1.165) is 30.0 Å². The van der Waals surface area contributed by atoms with Crippen LogP contribution in [0.25, 0.3) is 0 Å². The molecule has 102 valence electrons. The number of aryl methyl sites for hydroxylation is 1. The number of thioether (sulfide) groups is 1. The molecule has 0 spiro atoms. The Hall–Kier alpha value is -1.36. The van der Waals surface area contributed by atoms with Gasteiger partial charge in [-0.1, -0.05) is 18.5 Å². The molecule has 2 rings (SSSR count). The highest BCUT2D eigenvalue weighted by Gasteiger charge is 2.15. The van der Waals surface area contributed by atoms with E-state index >= 15 is 0 Å². The molecule has 3 nitrogen and oxygen atoms in total. The molecule has 19 heavy (non-hydrogen) atoms. The van der Waals surface area contributed by atoms with Gasteiger partial charge in [0.1, 0.15) is 5.82 Å². The van der Waals surface area contributed by atoms with Crippen LogP contribution in [0.4, 0.5) is 4.39 Å². The first-order valence-electron chi connectivity index (χ1n) is 6.43. The first kappa shape index (κ1) is 14.1. The van der Waals surface area contributed by atoms with Gasteiger partial charge in [0.15, 0.2) is 5.82 Å². The fourth-order valence-electron chi connectivity index (χ4n) is 1.64. The lowest BCUT2D eigenvalue weighted by molar-refractivity contribution is 0.374. The minimum absolute atomic E-state index is 0.0633. The molecule has 5 heteroatoms. The normalized spacial score (nSPS) is 12.6. The van der Waals surface area contributed by atoms with Gasteiger partial charge in [-0.05, 0) is 37.6 Å². The van der Waals surface area contributed by atoms with Crippen molar-refractivity contribution in [3.05, 3.63) is 41.8 Å². The van der Waals surface area contributed by atoms with Gasteiger partial charge in [0.2, 0.25) is 5.89 Å². The van der Waals surface area contributed by atoms with Crippen LogP contribution in [0.3, 0.4) is 0 Å². The van der Waals surface area contributed by atoms with E-state index in [1.54, 1.807) is 23.9 Å². The summed E-state index contributed by atoms with van der Waals surface area (Å²) < 4.78 is 18.1. The maximum Gasteiger partial charge on any atom is 0.239 e. The van der Waals surface area contributed by atoms with E-state index in [4.69, 9.17) is 4.52 Å². The van der Waals surface area contributed by atoms with Gasteiger partial charge < -0.3 is 4.52 Å². The second-order valence-electron chi connectivity index (χ2n) is 4.37. The summed E-state index contributed by atoms with van der Waals surface area (Å²) in [5, 5.41) is 4.03. The number of halogens is 1. The summed E-state index contributed by atoms with van der Waals surface area (Å²) in [5.41, 5.74) is 0. The number of rotatable bonds is 6. The second kappa shape index (κ2) is 6.70. The molecule has 1 atom stereocenters. The predicted molar refractivity (Wildman–Crippen MR) is 73.6 cm³/mol. The molecule has 0 saturated carbocycles. The summed E-state index contributed by atoms with van der Waals surface area (Å²) in [6, 6.07) is 6.42. The zero-order valence-electron chi connectivity index (χ0n) is 11.1. The van der Waals surface area contributed by atoms with Gasteiger partial charge >= 0.3 is 0 Å². The Morgan fingerprint density at radius 3 is 2.74 bits per heavy atom. The van der Waals surface area contributed by atoms with E-state index in [-0.39, 0.29) is 11.1 Å².